The molecule has 1 unspecified atom stereocenters. The van der Waals surface area contributed by atoms with Crippen LogP contribution >= 0.6 is 0 Å². The van der Waals surface area contributed by atoms with Gasteiger partial charge in [0.25, 0.3) is 5.69 Å². The summed E-state index contributed by atoms with van der Waals surface area (Å²) in [6, 6.07) is 4.64. The molecule has 7 heteroatoms. The molecule has 1 fully saturated rings. The highest BCUT2D eigenvalue weighted by molar-refractivity contribution is 5.78. The number of amides is 1. The van der Waals surface area contributed by atoms with Crippen molar-refractivity contribution in [3.63, 3.8) is 0 Å². The van der Waals surface area contributed by atoms with Gasteiger partial charge in [-0.05, 0) is 12.5 Å². The van der Waals surface area contributed by atoms with Gasteiger partial charge in [0, 0.05) is 43.2 Å². The van der Waals surface area contributed by atoms with Gasteiger partial charge in [0.05, 0.1) is 12.0 Å². The van der Waals surface area contributed by atoms with Crippen molar-refractivity contribution >= 4 is 11.6 Å². The zero-order chi connectivity index (χ0) is 14.5. The number of nitro benzene ring substituents is 1. The number of carbonyl (C=O) groups is 1. The highest BCUT2D eigenvalue weighted by Gasteiger charge is 2.20. The van der Waals surface area contributed by atoms with E-state index in [0.717, 1.165) is 12.0 Å². The lowest BCUT2D eigenvalue weighted by Gasteiger charge is -2.13. The van der Waals surface area contributed by atoms with E-state index in [9.17, 15) is 14.9 Å². The first-order valence-electron chi connectivity index (χ1n) is 6.41. The van der Waals surface area contributed by atoms with Crippen molar-refractivity contribution < 1.29 is 14.5 Å². The standard InChI is InChI=1S/C13H17N3O4/c1-20-12-4-3-11(16(18)19)6-9(12)7-14-8-10-2-5-13(17)15-10/h3-4,6,10,14H,2,5,7-8H2,1H3,(H,15,17). The number of hydrogen-bond donors (Lipinski definition) is 2. The molecule has 108 valence electrons. The van der Waals surface area contributed by atoms with Crippen molar-refractivity contribution in [3.8, 4) is 5.75 Å². The second kappa shape index (κ2) is 6.33. The molecule has 2 N–H and O–H groups in total. The van der Waals surface area contributed by atoms with Crippen LogP contribution in [-0.2, 0) is 11.3 Å². The number of non-ortho nitro benzene ring substituents is 1. The molecule has 1 aromatic rings. The number of nitro groups is 1. The topological polar surface area (TPSA) is 93.5 Å². The third-order valence-corrected chi connectivity index (χ3v) is 3.27. The van der Waals surface area contributed by atoms with Crippen LogP contribution in [0.25, 0.3) is 0 Å². The van der Waals surface area contributed by atoms with Crippen LogP contribution in [0, 0.1) is 10.1 Å². The molecule has 1 amide bonds. The van der Waals surface area contributed by atoms with Gasteiger partial charge in [-0.15, -0.1) is 0 Å². The number of hydrogen-bond acceptors (Lipinski definition) is 5. The first-order valence-corrected chi connectivity index (χ1v) is 6.41. The quantitative estimate of drug-likeness (QED) is 0.598. The average molecular weight is 279 g/mol. The van der Waals surface area contributed by atoms with Crippen molar-refractivity contribution in [2.75, 3.05) is 13.7 Å². The SMILES string of the molecule is COc1ccc([N+](=O)[O-])cc1CNCC1CCC(=O)N1. The Morgan fingerprint density at radius 3 is 2.95 bits per heavy atom. The van der Waals surface area contributed by atoms with Crippen molar-refractivity contribution in [2.45, 2.75) is 25.4 Å². The van der Waals surface area contributed by atoms with Gasteiger partial charge in [-0.25, -0.2) is 0 Å². The largest absolute Gasteiger partial charge is 0.496 e. The second-order valence-electron chi connectivity index (χ2n) is 4.69. The lowest BCUT2D eigenvalue weighted by atomic mass is 10.1. The molecule has 1 heterocycles. The van der Waals surface area contributed by atoms with E-state index < -0.39 is 4.92 Å². The number of carbonyl (C=O) groups excluding carboxylic acids is 1. The van der Waals surface area contributed by atoms with E-state index in [-0.39, 0.29) is 17.6 Å². The summed E-state index contributed by atoms with van der Waals surface area (Å²) in [4.78, 5) is 21.4. The molecule has 0 spiro atoms. The lowest BCUT2D eigenvalue weighted by molar-refractivity contribution is -0.384. The van der Waals surface area contributed by atoms with Crippen molar-refractivity contribution in [1.29, 1.82) is 0 Å². The number of benzene rings is 1. The molecule has 1 atom stereocenters. The molecular formula is C13H17N3O4. The minimum atomic E-state index is -0.430. The van der Waals surface area contributed by atoms with Gasteiger partial charge in [0.1, 0.15) is 5.75 Å². The Bertz CT molecular complexity index is 518. The zero-order valence-corrected chi connectivity index (χ0v) is 11.2. The molecule has 1 aliphatic rings. The van der Waals surface area contributed by atoms with E-state index in [4.69, 9.17) is 4.74 Å². The third kappa shape index (κ3) is 3.45. The Balaban J connectivity index is 1.95. The smallest absolute Gasteiger partial charge is 0.270 e. The van der Waals surface area contributed by atoms with Crippen LogP contribution in [0.4, 0.5) is 5.69 Å². The average Bonchev–Trinajstić information content (AvgIpc) is 2.84. The molecule has 0 aromatic heterocycles. The Morgan fingerprint density at radius 1 is 1.55 bits per heavy atom. The summed E-state index contributed by atoms with van der Waals surface area (Å²) in [5, 5.41) is 16.8. The third-order valence-electron chi connectivity index (χ3n) is 3.27. The van der Waals surface area contributed by atoms with Gasteiger partial charge in [-0.1, -0.05) is 0 Å². The molecule has 0 saturated carbocycles. The zero-order valence-electron chi connectivity index (χ0n) is 11.2. The van der Waals surface area contributed by atoms with Crippen LogP contribution in [0.15, 0.2) is 18.2 Å². The first-order chi connectivity index (χ1) is 9.60. The van der Waals surface area contributed by atoms with Crippen LogP contribution in [-0.4, -0.2) is 30.5 Å². The van der Waals surface area contributed by atoms with E-state index >= 15 is 0 Å². The van der Waals surface area contributed by atoms with Crippen LogP contribution < -0.4 is 15.4 Å². The molecule has 0 radical (unpaired) electrons. The molecule has 20 heavy (non-hydrogen) atoms. The van der Waals surface area contributed by atoms with Crippen molar-refractivity contribution in [3.05, 3.63) is 33.9 Å². The normalized spacial score (nSPS) is 17.9. The van der Waals surface area contributed by atoms with Gasteiger partial charge in [-0.2, -0.15) is 0 Å². The summed E-state index contributed by atoms with van der Waals surface area (Å²) in [6.45, 7) is 1.09. The first kappa shape index (κ1) is 14.3. The molecule has 2 rings (SSSR count). The second-order valence-corrected chi connectivity index (χ2v) is 4.69. The molecule has 1 aromatic carbocycles. The fourth-order valence-corrected chi connectivity index (χ4v) is 2.23. The van der Waals surface area contributed by atoms with Crippen LogP contribution in [0.5, 0.6) is 5.75 Å². The van der Waals surface area contributed by atoms with Crippen LogP contribution in [0.1, 0.15) is 18.4 Å². The Kier molecular flexibility index (Phi) is 4.52. The number of nitrogens with zero attached hydrogens (tertiary/aromatic N) is 1. The minimum Gasteiger partial charge on any atom is -0.496 e. The van der Waals surface area contributed by atoms with Crippen LogP contribution in [0.2, 0.25) is 0 Å². The van der Waals surface area contributed by atoms with Gasteiger partial charge < -0.3 is 15.4 Å². The lowest BCUT2D eigenvalue weighted by Crippen LogP contribution is -2.35. The number of ether oxygens (including phenoxy) is 1. The summed E-state index contributed by atoms with van der Waals surface area (Å²) in [7, 11) is 1.53. The summed E-state index contributed by atoms with van der Waals surface area (Å²) >= 11 is 0. The molecule has 0 bridgehead atoms. The maximum atomic E-state index is 11.1. The predicted octanol–water partition coefficient (Wildman–Crippen LogP) is 0.972. The van der Waals surface area contributed by atoms with Gasteiger partial charge in [0.15, 0.2) is 0 Å². The van der Waals surface area contributed by atoms with E-state index in [1.807, 2.05) is 0 Å². The molecule has 1 aliphatic heterocycles. The summed E-state index contributed by atoms with van der Waals surface area (Å²) in [6.07, 6.45) is 1.38. The van der Waals surface area contributed by atoms with Crippen LogP contribution in [0.3, 0.4) is 0 Å². The van der Waals surface area contributed by atoms with E-state index in [1.54, 1.807) is 6.07 Å². The van der Waals surface area contributed by atoms with E-state index in [2.05, 4.69) is 10.6 Å². The fourth-order valence-electron chi connectivity index (χ4n) is 2.23. The fraction of sp³-hybridized carbons (Fsp3) is 0.462. The minimum absolute atomic E-state index is 0.0387. The van der Waals surface area contributed by atoms with Gasteiger partial charge in [-0.3, -0.25) is 14.9 Å². The molecule has 7 nitrogen and oxygen atoms in total. The highest BCUT2D eigenvalue weighted by atomic mass is 16.6. The molecule has 1 saturated heterocycles. The summed E-state index contributed by atoms with van der Waals surface area (Å²) < 4.78 is 5.19. The predicted molar refractivity (Wildman–Crippen MR) is 72.5 cm³/mol. The van der Waals surface area contributed by atoms with Crippen molar-refractivity contribution in [2.24, 2.45) is 0 Å². The number of nitrogens with one attached hydrogen (secondary N) is 2. The summed E-state index contributed by atoms with van der Waals surface area (Å²) in [5.41, 5.74) is 0.766. The Hall–Kier alpha value is -2.15. The maximum absolute atomic E-state index is 11.1. The number of methoxy groups -OCH3 is 1. The summed E-state index contributed by atoms with van der Waals surface area (Å²) in [5.74, 6) is 0.684. The van der Waals surface area contributed by atoms with E-state index in [0.29, 0.717) is 25.3 Å². The Morgan fingerprint density at radius 2 is 2.35 bits per heavy atom. The molecule has 0 aliphatic carbocycles. The molecular weight excluding hydrogens is 262 g/mol. The monoisotopic (exact) mass is 279 g/mol. The van der Waals surface area contributed by atoms with E-state index in [1.165, 1.54) is 19.2 Å². The Labute approximate surface area is 116 Å². The van der Waals surface area contributed by atoms with Crippen molar-refractivity contribution in [1.82, 2.24) is 10.6 Å². The maximum Gasteiger partial charge on any atom is 0.270 e. The number of rotatable bonds is 6. The van der Waals surface area contributed by atoms with Gasteiger partial charge in [0.2, 0.25) is 5.91 Å². The highest BCUT2D eigenvalue weighted by Crippen LogP contribution is 2.23. The van der Waals surface area contributed by atoms with Gasteiger partial charge >= 0.3 is 0 Å².